The largest absolute Gasteiger partial charge is 0.0800 e. The van der Waals surface area contributed by atoms with Gasteiger partial charge in [-0.1, -0.05) is 74.0 Å². The minimum atomic E-state index is 0.369. The number of hydrogen-bond acceptors (Lipinski definition) is 0. The van der Waals surface area contributed by atoms with Crippen molar-refractivity contribution in [1.82, 2.24) is 0 Å². The molecule has 0 N–H and O–H groups in total. The second-order valence-corrected chi connectivity index (χ2v) is 12.7. The van der Waals surface area contributed by atoms with Gasteiger partial charge in [-0.15, -0.1) is 0 Å². The van der Waals surface area contributed by atoms with Crippen LogP contribution in [0.25, 0.3) is 0 Å². The molecular formula is C38H46. The molecule has 2 aliphatic carbocycles. The molecule has 0 nitrogen and oxygen atoms in total. The third-order valence-corrected chi connectivity index (χ3v) is 9.79. The van der Waals surface area contributed by atoms with Crippen molar-refractivity contribution in [3.05, 3.63) is 127 Å². The lowest BCUT2D eigenvalue weighted by molar-refractivity contribution is 0.393. The minimum absolute atomic E-state index is 0.369. The summed E-state index contributed by atoms with van der Waals surface area (Å²) in [4.78, 5) is 0. The molecule has 2 aliphatic rings. The van der Waals surface area contributed by atoms with E-state index in [9.17, 15) is 0 Å². The average molecular weight is 503 g/mol. The maximum Gasteiger partial charge on any atom is 0.00664 e. The number of rotatable bonds is 1. The topological polar surface area (TPSA) is 0 Å². The second kappa shape index (κ2) is 10.4. The van der Waals surface area contributed by atoms with Gasteiger partial charge in [0, 0.05) is 5.92 Å². The molecule has 4 atom stereocenters. The molecule has 4 unspecified atom stereocenters. The maximum absolute atomic E-state index is 2.60. The third-order valence-electron chi connectivity index (χ3n) is 9.79. The fourth-order valence-corrected chi connectivity index (χ4v) is 7.49. The first kappa shape index (κ1) is 26.7. The predicted octanol–water partition coefficient (Wildman–Crippen LogP) is 10.1. The van der Waals surface area contributed by atoms with Gasteiger partial charge in [-0.3, -0.25) is 0 Å². The van der Waals surface area contributed by atoms with E-state index in [4.69, 9.17) is 0 Å². The van der Waals surface area contributed by atoms with Gasteiger partial charge in [0.1, 0.15) is 0 Å². The van der Waals surface area contributed by atoms with Crippen LogP contribution < -0.4 is 0 Å². The molecule has 0 saturated carbocycles. The lowest BCUT2D eigenvalue weighted by Gasteiger charge is -2.33. The highest BCUT2D eigenvalue weighted by Gasteiger charge is 2.29. The molecule has 0 amide bonds. The zero-order valence-electron chi connectivity index (χ0n) is 25.1. The number of aryl methyl sites for hydroxylation is 7. The van der Waals surface area contributed by atoms with E-state index in [1.54, 1.807) is 5.56 Å². The summed E-state index contributed by atoms with van der Waals surface area (Å²) >= 11 is 0. The van der Waals surface area contributed by atoms with Crippen LogP contribution in [0.5, 0.6) is 0 Å². The number of allylic oxidation sites excluding steroid dienone is 4. The lowest BCUT2D eigenvalue weighted by atomic mass is 9.71. The molecule has 3 aromatic rings. The van der Waals surface area contributed by atoms with Gasteiger partial charge in [-0.2, -0.15) is 0 Å². The van der Waals surface area contributed by atoms with Crippen LogP contribution >= 0.6 is 0 Å². The normalized spacial score (nSPS) is 23.1. The summed E-state index contributed by atoms with van der Waals surface area (Å²) in [7, 11) is 0. The Kier molecular flexibility index (Phi) is 7.29. The van der Waals surface area contributed by atoms with Crippen molar-refractivity contribution in [3.63, 3.8) is 0 Å². The van der Waals surface area contributed by atoms with Crippen LogP contribution in [0.1, 0.15) is 106 Å². The molecule has 38 heavy (non-hydrogen) atoms. The van der Waals surface area contributed by atoms with Gasteiger partial charge in [0.05, 0.1) is 0 Å². The van der Waals surface area contributed by atoms with E-state index in [-0.39, 0.29) is 0 Å². The van der Waals surface area contributed by atoms with E-state index < -0.39 is 0 Å². The molecule has 5 rings (SSSR count). The smallest absolute Gasteiger partial charge is 0.00664 e. The molecule has 0 aliphatic heterocycles. The molecule has 0 radical (unpaired) electrons. The van der Waals surface area contributed by atoms with Crippen molar-refractivity contribution in [2.24, 2.45) is 11.8 Å². The van der Waals surface area contributed by atoms with Crippen LogP contribution in [0.4, 0.5) is 0 Å². The number of hydrogen-bond donors (Lipinski definition) is 0. The highest BCUT2D eigenvalue weighted by Crippen LogP contribution is 2.42. The molecule has 0 saturated heterocycles. The van der Waals surface area contributed by atoms with Gasteiger partial charge in [0.2, 0.25) is 0 Å². The average Bonchev–Trinajstić information content (AvgIpc) is 2.84. The molecule has 198 valence electrons. The molecule has 0 fully saturated rings. The van der Waals surface area contributed by atoms with Gasteiger partial charge in [0.25, 0.3) is 0 Å². The second-order valence-electron chi connectivity index (χ2n) is 12.7. The van der Waals surface area contributed by atoms with E-state index in [0.717, 1.165) is 12.8 Å². The van der Waals surface area contributed by atoms with Crippen LogP contribution in [0, 0.1) is 53.4 Å². The highest BCUT2D eigenvalue weighted by atomic mass is 14.3. The predicted molar refractivity (Wildman–Crippen MR) is 165 cm³/mol. The summed E-state index contributed by atoms with van der Waals surface area (Å²) in [5.74, 6) is 1.93. The van der Waals surface area contributed by atoms with E-state index >= 15 is 0 Å². The lowest BCUT2D eigenvalue weighted by Crippen LogP contribution is -2.22. The first-order valence-corrected chi connectivity index (χ1v) is 14.7. The van der Waals surface area contributed by atoms with Gasteiger partial charge in [-0.05, 0) is 152 Å². The van der Waals surface area contributed by atoms with Crippen LogP contribution in [-0.4, -0.2) is 0 Å². The monoisotopic (exact) mass is 502 g/mol. The molecule has 3 aromatic carbocycles. The van der Waals surface area contributed by atoms with Crippen molar-refractivity contribution in [1.29, 1.82) is 0 Å². The first-order valence-electron chi connectivity index (χ1n) is 14.7. The van der Waals surface area contributed by atoms with Crippen molar-refractivity contribution >= 4 is 0 Å². The minimum Gasteiger partial charge on any atom is -0.0800 e. The van der Waals surface area contributed by atoms with Crippen molar-refractivity contribution in [3.8, 4) is 0 Å². The van der Waals surface area contributed by atoms with E-state index in [1.165, 1.54) is 73.2 Å². The highest BCUT2D eigenvalue weighted by molar-refractivity contribution is 5.50. The Morgan fingerprint density at radius 3 is 1.82 bits per heavy atom. The fourth-order valence-electron chi connectivity index (χ4n) is 7.49. The van der Waals surface area contributed by atoms with E-state index in [0.29, 0.717) is 23.7 Å². The molecule has 6 bridgehead atoms. The van der Waals surface area contributed by atoms with Gasteiger partial charge < -0.3 is 0 Å². The summed E-state index contributed by atoms with van der Waals surface area (Å²) in [6, 6.07) is 15.0. The third kappa shape index (κ3) is 4.95. The fraction of sp³-hybridized carbons (Fsp3) is 0.421. The van der Waals surface area contributed by atoms with Crippen molar-refractivity contribution in [2.75, 3.05) is 0 Å². The van der Waals surface area contributed by atoms with E-state index in [1.807, 2.05) is 0 Å². The Balaban J connectivity index is 1.74. The van der Waals surface area contributed by atoms with Crippen molar-refractivity contribution in [2.45, 2.75) is 93.4 Å². The summed E-state index contributed by atoms with van der Waals surface area (Å²) in [5.41, 5.74) is 19.0. The Labute approximate surface area is 231 Å². The Morgan fingerprint density at radius 1 is 0.579 bits per heavy atom. The number of benzene rings is 3. The summed E-state index contributed by atoms with van der Waals surface area (Å²) < 4.78 is 0. The Hall–Kier alpha value is -2.86. The zero-order chi connectivity index (χ0) is 27.3. The van der Waals surface area contributed by atoms with E-state index in [2.05, 4.69) is 117 Å². The maximum atomic E-state index is 2.60. The van der Waals surface area contributed by atoms with Crippen LogP contribution in [-0.2, 0) is 12.8 Å². The van der Waals surface area contributed by atoms with Crippen LogP contribution in [0.3, 0.4) is 0 Å². The quantitative estimate of drug-likeness (QED) is 0.310. The summed E-state index contributed by atoms with van der Waals surface area (Å²) in [6.45, 7) is 20.9. The van der Waals surface area contributed by atoms with Crippen LogP contribution in [0.2, 0.25) is 0 Å². The molecule has 0 aromatic heterocycles. The zero-order valence-corrected chi connectivity index (χ0v) is 25.1. The molecule has 0 spiro atoms. The molecule has 0 heterocycles. The number of fused-ring (bicyclic) bond motifs is 6. The SMILES string of the molecule is CC1=CC(C)C(C2CCc3cc(c(C)cc3C)Cc3cc(c(C)cc3C)C(C)c3cc2c(C)cc3C)C=C1. The van der Waals surface area contributed by atoms with Gasteiger partial charge in [0.15, 0.2) is 0 Å². The van der Waals surface area contributed by atoms with Crippen LogP contribution in [0.15, 0.2) is 60.2 Å². The standard InChI is InChI=1S/C38H46/c1-22-10-12-34(26(5)14-22)35-13-11-31-18-32(24(3)15-23(31)2)19-33-20-36(27(6)16-25(33)4)30(9)37-21-38(35)29(8)17-28(37)7/h10,12,14-18,20-21,26,30,34-35H,11,13,19H2,1-9H3. The molecule has 0 heteroatoms. The summed E-state index contributed by atoms with van der Waals surface area (Å²) in [6.07, 6.45) is 10.7. The van der Waals surface area contributed by atoms with Crippen molar-refractivity contribution < 1.29 is 0 Å². The van der Waals surface area contributed by atoms with Gasteiger partial charge >= 0.3 is 0 Å². The molecular weight excluding hydrogens is 456 g/mol. The van der Waals surface area contributed by atoms with Gasteiger partial charge in [-0.25, -0.2) is 0 Å². The Bertz CT molecular complexity index is 1440. The summed E-state index contributed by atoms with van der Waals surface area (Å²) in [5, 5.41) is 0. The Morgan fingerprint density at radius 2 is 1.13 bits per heavy atom. The first-order chi connectivity index (χ1) is 18.0.